The molecule has 1 N–H and O–H groups in total. The number of amides is 2. The third-order valence-corrected chi connectivity index (χ3v) is 7.44. The molecule has 2 fully saturated rings. The molecule has 0 saturated carbocycles. The zero-order chi connectivity index (χ0) is 26.3. The lowest BCUT2D eigenvalue weighted by Gasteiger charge is -2.34. The summed E-state index contributed by atoms with van der Waals surface area (Å²) in [5, 5.41) is 6.64. The van der Waals surface area contributed by atoms with Crippen LogP contribution < -0.4 is 5.32 Å². The molecule has 37 heavy (non-hydrogen) atoms. The molecule has 0 unspecified atom stereocenters. The Bertz CT molecular complexity index is 1320. The van der Waals surface area contributed by atoms with E-state index in [2.05, 4.69) is 17.4 Å². The van der Waals surface area contributed by atoms with E-state index in [0.29, 0.717) is 5.56 Å². The molecule has 2 amide bonds. The second-order valence-electron chi connectivity index (χ2n) is 9.86. The number of fused-ring (bicyclic) bond motifs is 1. The van der Waals surface area contributed by atoms with Crippen LogP contribution in [-0.2, 0) is 14.3 Å². The molecule has 0 bridgehead atoms. The van der Waals surface area contributed by atoms with Crippen molar-refractivity contribution in [2.75, 3.05) is 13.7 Å². The fourth-order valence-electron chi connectivity index (χ4n) is 5.99. The summed E-state index contributed by atoms with van der Waals surface area (Å²) in [6, 6.07) is 21.0. The van der Waals surface area contributed by atoms with E-state index in [0.717, 1.165) is 27.8 Å². The van der Waals surface area contributed by atoms with Crippen molar-refractivity contribution in [1.29, 1.82) is 0 Å². The predicted octanol–water partition coefficient (Wildman–Crippen LogP) is 4.05. The highest BCUT2D eigenvalue weighted by Crippen LogP contribution is 2.50. The van der Waals surface area contributed by atoms with Crippen LogP contribution in [0, 0.1) is 26.7 Å². The summed E-state index contributed by atoms with van der Waals surface area (Å²) in [6.45, 7) is 6.31. The van der Waals surface area contributed by atoms with Crippen LogP contribution in [-0.4, -0.2) is 47.5 Å². The summed E-state index contributed by atoms with van der Waals surface area (Å²) in [5.74, 6) is -1.47. The number of methoxy groups -OCH3 is 1. The van der Waals surface area contributed by atoms with E-state index in [-0.39, 0.29) is 24.3 Å². The van der Waals surface area contributed by atoms with Crippen molar-refractivity contribution in [1.82, 2.24) is 15.3 Å². The minimum Gasteiger partial charge on any atom is -0.469 e. The first-order chi connectivity index (χ1) is 17.8. The molecule has 0 spiro atoms. The van der Waals surface area contributed by atoms with Gasteiger partial charge in [0.1, 0.15) is 6.04 Å². The van der Waals surface area contributed by atoms with Gasteiger partial charge in [0.25, 0.3) is 11.8 Å². The Morgan fingerprint density at radius 2 is 1.49 bits per heavy atom. The summed E-state index contributed by atoms with van der Waals surface area (Å²) < 4.78 is 5.21. The average Bonchev–Trinajstić information content (AvgIpc) is 3.39. The van der Waals surface area contributed by atoms with Crippen LogP contribution in [0.5, 0.6) is 0 Å². The minimum absolute atomic E-state index is 0.184. The molecule has 2 heterocycles. The van der Waals surface area contributed by atoms with Crippen LogP contribution in [0.2, 0.25) is 0 Å². The Labute approximate surface area is 217 Å². The number of esters is 1. The Kier molecular flexibility index (Phi) is 6.56. The van der Waals surface area contributed by atoms with Crippen LogP contribution in [0.15, 0.2) is 72.8 Å². The van der Waals surface area contributed by atoms with Crippen LogP contribution >= 0.6 is 0 Å². The zero-order valence-corrected chi connectivity index (χ0v) is 21.5. The van der Waals surface area contributed by atoms with Gasteiger partial charge in [-0.25, -0.2) is 5.01 Å². The lowest BCUT2D eigenvalue weighted by atomic mass is 9.85. The van der Waals surface area contributed by atoms with E-state index >= 15 is 0 Å². The second-order valence-corrected chi connectivity index (χ2v) is 9.86. The Hall–Kier alpha value is -3.97. The van der Waals surface area contributed by atoms with E-state index in [1.54, 1.807) is 29.3 Å². The monoisotopic (exact) mass is 497 g/mol. The fraction of sp³-hybridized carbons (Fsp3) is 0.300. The van der Waals surface area contributed by atoms with Gasteiger partial charge in [-0.1, -0.05) is 66.2 Å². The lowest BCUT2D eigenvalue weighted by Crippen LogP contribution is -2.45. The molecule has 2 aliphatic rings. The largest absolute Gasteiger partial charge is 0.469 e. The van der Waals surface area contributed by atoms with Gasteiger partial charge in [-0.05, 0) is 55.2 Å². The van der Waals surface area contributed by atoms with Crippen molar-refractivity contribution >= 4 is 17.8 Å². The number of carbonyl (C=O) groups excluding carboxylic acids is 3. The summed E-state index contributed by atoms with van der Waals surface area (Å²) >= 11 is 0. The van der Waals surface area contributed by atoms with Crippen LogP contribution in [0.3, 0.4) is 0 Å². The van der Waals surface area contributed by atoms with Gasteiger partial charge in [0.05, 0.1) is 31.7 Å². The highest BCUT2D eigenvalue weighted by molar-refractivity contribution is 5.98. The smallest absolute Gasteiger partial charge is 0.312 e. The summed E-state index contributed by atoms with van der Waals surface area (Å²) in [6.07, 6.45) is 0. The first-order valence-electron chi connectivity index (χ1n) is 12.5. The summed E-state index contributed by atoms with van der Waals surface area (Å²) in [4.78, 5) is 40.2. The molecule has 3 aromatic carbocycles. The van der Waals surface area contributed by atoms with Gasteiger partial charge in [0, 0.05) is 5.56 Å². The van der Waals surface area contributed by atoms with Gasteiger partial charge in [0.2, 0.25) is 0 Å². The van der Waals surface area contributed by atoms with Crippen molar-refractivity contribution in [3.05, 3.63) is 106 Å². The minimum atomic E-state index is -0.817. The number of carbonyl (C=O) groups is 3. The van der Waals surface area contributed by atoms with Gasteiger partial charge in [-0.3, -0.25) is 19.4 Å². The molecular formula is C30H31N3O4. The molecule has 0 aromatic heterocycles. The lowest BCUT2D eigenvalue weighted by molar-refractivity contribution is -0.146. The third kappa shape index (κ3) is 4.29. The van der Waals surface area contributed by atoms with Crippen LogP contribution in [0.4, 0.5) is 0 Å². The highest BCUT2D eigenvalue weighted by atomic mass is 16.5. The van der Waals surface area contributed by atoms with Gasteiger partial charge in [0.15, 0.2) is 0 Å². The number of rotatable bonds is 5. The molecule has 0 aliphatic carbocycles. The number of nitrogens with one attached hydrogen (secondary N) is 1. The molecule has 4 atom stereocenters. The number of aryl methyl sites for hydroxylation is 3. The van der Waals surface area contributed by atoms with Crippen molar-refractivity contribution in [2.45, 2.75) is 38.9 Å². The van der Waals surface area contributed by atoms with Crippen molar-refractivity contribution in [3.63, 3.8) is 0 Å². The molecule has 2 saturated heterocycles. The van der Waals surface area contributed by atoms with Gasteiger partial charge >= 0.3 is 5.97 Å². The first kappa shape index (κ1) is 24.7. The molecule has 190 valence electrons. The maximum atomic E-state index is 13.9. The van der Waals surface area contributed by atoms with Crippen LogP contribution in [0.25, 0.3) is 0 Å². The quantitative estimate of drug-likeness (QED) is 0.538. The van der Waals surface area contributed by atoms with E-state index in [4.69, 9.17) is 4.74 Å². The maximum absolute atomic E-state index is 13.9. The van der Waals surface area contributed by atoms with Crippen molar-refractivity contribution < 1.29 is 19.1 Å². The third-order valence-electron chi connectivity index (χ3n) is 7.44. The van der Waals surface area contributed by atoms with Crippen molar-refractivity contribution in [3.8, 4) is 0 Å². The number of hydrogen-bond acceptors (Lipinski definition) is 5. The molecular weight excluding hydrogens is 466 g/mol. The topological polar surface area (TPSA) is 79.0 Å². The number of benzene rings is 3. The summed E-state index contributed by atoms with van der Waals surface area (Å²) in [7, 11) is 1.38. The molecule has 2 aliphatic heterocycles. The van der Waals surface area contributed by atoms with Gasteiger partial charge < -0.3 is 10.1 Å². The Morgan fingerprint density at radius 1 is 0.892 bits per heavy atom. The molecule has 3 aromatic rings. The maximum Gasteiger partial charge on any atom is 0.312 e. The predicted molar refractivity (Wildman–Crippen MR) is 139 cm³/mol. The van der Waals surface area contributed by atoms with Crippen molar-refractivity contribution in [2.24, 2.45) is 5.92 Å². The van der Waals surface area contributed by atoms with E-state index in [9.17, 15) is 14.4 Å². The number of hydrogen-bond donors (Lipinski definition) is 1. The molecule has 7 nitrogen and oxygen atoms in total. The average molecular weight is 498 g/mol. The van der Waals surface area contributed by atoms with Gasteiger partial charge in [-0.2, -0.15) is 0 Å². The number of ether oxygens (including phenoxy) is 1. The normalized spacial score (nSPS) is 23.1. The molecule has 7 heteroatoms. The summed E-state index contributed by atoms with van der Waals surface area (Å²) in [5.41, 5.74) is 5.61. The molecule has 5 rings (SSSR count). The van der Waals surface area contributed by atoms with Gasteiger partial charge in [-0.15, -0.1) is 0 Å². The zero-order valence-electron chi connectivity index (χ0n) is 21.5. The molecule has 0 radical (unpaired) electrons. The van der Waals surface area contributed by atoms with Crippen LogP contribution in [0.1, 0.15) is 50.3 Å². The Balaban J connectivity index is 1.64. The Morgan fingerprint density at radius 3 is 2.08 bits per heavy atom. The number of nitrogens with zero attached hydrogens (tertiary/aromatic N) is 2. The fourth-order valence-corrected chi connectivity index (χ4v) is 5.99. The SMILES string of the molecule is COC(=O)[C@H]1CN2C(=O)[C@@H](NC(=O)c3ccccc3)[C@H](c3ccccc3)N2[C@@H]1c1c(C)cc(C)cc1C. The standard InChI is InChI=1S/C30H31N3O4/c1-18-15-19(2)24(20(3)16-18)27-23(30(36)37-4)17-32-29(35)25(31-28(34)22-13-9-6-10-14-22)26(33(27)32)21-11-7-5-8-12-21/h5-16,23,25-27H,17H2,1-4H3,(H,31,34)/t23-,25-,26-,27-/m0/s1. The highest BCUT2D eigenvalue weighted by Gasteiger charge is 2.59. The van der Waals surface area contributed by atoms with E-state index in [1.807, 2.05) is 62.2 Å². The van der Waals surface area contributed by atoms with E-state index < -0.39 is 24.0 Å². The first-order valence-corrected chi connectivity index (χ1v) is 12.5. The van der Waals surface area contributed by atoms with E-state index in [1.165, 1.54) is 7.11 Å². The second kappa shape index (κ2) is 9.82. The number of hydrazine groups is 1.